The van der Waals surface area contributed by atoms with Gasteiger partial charge in [-0.1, -0.05) is 36.8 Å². The number of aldehydes is 1. The van der Waals surface area contributed by atoms with Crippen LogP contribution in [0.4, 0.5) is 5.69 Å². The Morgan fingerprint density at radius 1 is 1.22 bits per heavy atom. The van der Waals surface area contributed by atoms with Crippen molar-refractivity contribution in [1.29, 1.82) is 0 Å². The van der Waals surface area contributed by atoms with Gasteiger partial charge in [-0.05, 0) is 24.5 Å². The van der Waals surface area contributed by atoms with E-state index < -0.39 is 4.92 Å². The van der Waals surface area contributed by atoms with E-state index in [-0.39, 0.29) is 34.9 Å². The SMILES string of the molecule is O=Cc1cc([N+](=O)[O-])ccc1OCC(=O)NCC1(c2ccccc2)CCC1. The Bertz CT molecular complexity index is 847. The molecule has 0 radical (unpaired) electrons. The molecule has 0 bridgehead atoms. The second-order valence-corrected chi connectivity index (χ2v) is 6.66. The molecule has 0 spiro atoms. The van der Waals surface area contributed by atoms with Gasteiger partial charge in [-0.2, -0.15) is 0 Å². The maximum absolute atomic E-state index is 12.2. The Kier molecular flexibility index (Phi) is 5.49. The number of ether oxygens (including phenoxy) is 1. The maximum atomic E-state index is 12.2. The summed E-state index contributed by atoms with van der Waals surface area (Å²) < 4.78 is 5.38. The lowest BCUT2D eigenvalue weighted by Crippen LogP contribution is -2.46. The Hall–Kier alpha value is -3.22. The van der Waals surface area contributed by atoms with Crippen molar-refractivity contribution in [3.05, 3.63) is 69.8 Å². The molecule has 0 atom stereocenters. The zero-order valence-corrected chi connectivity index (χ0v) is 14.7. The number of carbonyl (C=O) groups excluding carboxylic acids is 2. The summed E-state index contributed by atoms with van der Waals surface area (Å²) in [7, 11) is 0. The number of nitro benzene ring substituents is 1. The van der Waals surface area contributed by atoms with E-state index in [0.717, 1.165) is 25.3 Å². The molecule has 0 aliphatic heterocycles. The van der Waals surface area contributed by atoms with Crippen molar-refractivity contribution in [2.24, 2.45) is 0 Å². The summed E-state index contributed by atoms with van der Waals surface area (Å²) in [5, 5.41) is 13.7. The molecule has 0 saturated heterocycles. The van der Waals surface area contributed by atoms with E-state index in [9.17, 15) is 19.7 Å². The van der Waals surface area contributed by atoms with Crippen molar-refractivity contribution in [2.45, 2.75) is 24.7 Å². The number of amides is 1. The molecule has 2 aromatic rings. The number of hydrogen-bond acceptors (Lipinski definition) is 5. The predicted octanol–water partition coefficient (Wildman–Crippen LogP) is 3.02. The molecule has 1 fully saturated rings. The zero-order valence-electron chi connectivity index (χ0n) is 14.7. The third-order valence-corrected chi connectivity index (χ3v) is 5.01. The van der Waals surface area contributed by atoms with E-state index in [1.807, 2.05) is 18.2 Å². The molecule has 2 aromatic carbocycles. The zero-order chi connectivity index (χ0) is 19.3. The predicted molar refractivity (Wildman–Crippen MR) is 99.0 cm³/mol. The van der Waals surface area contributed by atoms with Gasteiger partial charge >= 0.3 is 0 Å². The van der Waals surface area contributed by atoms with E-state index in [1.165, 1.54) is 17.7 Å². The molecular weight excluding hydrogens is 348 g/mol. The highest BCUT2D eigenvalue weighted by atomic mass is 16.6. The van der Waals surface area contributed by atoms with Gasteiger partial charge in [0.15, 0.2) is 12.9 Å². The summed E-state index contributed by atoms with van der Waals surface area (Å²) in [4.78, 5) is 33.4. The first-order valence-electron chi connectivity index (χ1n) is 8.73. The van der Waals surface area contributed by atoms with Gasteiger partial charge in [-0.3, -0.25) is 19.7 Å². The van der Waals surface area contributed by atoms with Gasteiger partial charge < -0.3 is 10.1 Å². The van der Waals surface area contributed by atoms with E-state index in [1.54, 1.807) is 0 Å². The molecule has 3 rings (SSSR count). The molecule has 1 aliphatic carbocycles. The molecule has 0 heterocycles. The van der Waals surface area contributed by atoms with Crippen LogP contribution in [-0.4, -0.2) is 30.3 Å². The van der Waals surface area contributed by atoms with Gasteiger partial charge in [0.2, 0.25) is 0 Å². The number of nitrogens with one attached hydrogen (secondary N) is 1. The van der Waals surface area contributed by atoms with Crippen LogP contribution in [0.2, 0.25) is 0 Å². The largest absolute Gasteiger partial charge is 0.483 e. The Morgan fingerprint density at radius 3 is 2.56 bits per heavy atom. The van der Waals surface area contributed by atoms with Gasteiger partial charge in [0, 0.05) is 24.1 Å². The van der Waals surface area contributed by atoms with Crippen molar-refractivity contribution < 1.29 is 19.2 Å². The standard InChI is InChI=1S/C20H20N2O5/c23-12-15-11-17(22(25)26)7-8-18(15)27-13-19(24)21-14-20(9-4-10-20)16-5-2-1-3-6-16/h1-3,5-8,11-12H,4,9-10,13-14H2,(H,21,24). The molecule has 1 aliphatic rings. The minimum Gasteiger partial charge on any atom is -0.483 e. The Labute approximate surface area is 156 Å². The fraction of sp³-hybridized carbons (Fsp3) is 0.300. The highest BCUT2D eigenvalue weighted by Gasteiger charge is 2.38. The van der Waals surface area contributed by atoms with E-state index in [2.05, 4.69) is 17.4 Å². The number of non-ortho nitro benzene ring substituents is 1. The van der Waals surface area contributed by atoms with Crippen LogP contribution in [0.15, 0.2) is 48.5 Å². The summed E-state index contributed by atoms with van der Waals surface area (Å²) in [6, 6.07) is 13.8. The first-order chi connectivity index (χ1) is 13.0. The van der Waals surface area contributed by atoms with Crippen molar-refractivity contribution in [3.63, 3.8) is 0 Å². The topological polar surface area (TPSA) is 98.5 Å². The number of nitro groups is 1. The summed E-state index contributed by atoms with van der Waals surface area (Å²) in [5.41, 5.74) is 1.02. The van der Waals surface area contributed by atoms with Crippen LogP contribution in [0.25, 0.3) is 0 Å². The van der Waals surface area contributed by atoms with Gasteiger partial charge in [0.25, 0.3) is 11.6 Å². The second-order valence-electron chi connectivity index (χ2n) is 6.66. The van der Waals surface area contributed by atoms with E-state index >= 15 is 0 Å². The average molecular weight is 368 g/mol. The summed E-state index contributed by atoms with van der Waals surface area (Å²) in [5.74, 6) is -0.153. The molecular formula is C20H20N2O5. The summed E-state index contributed by atoms with van der Waals surface area (Å²) >= 11 is 0. The number of nitrogens with zero attached hydrogens (tertiary/aromatic N) is 1. The third kappa shape index (κ3) is 4.13. The van der Waals surface area contributed by atoms with Crippen LogP contribution in [0.3, 0.4) is 0 Å². The van der Waals surface area contributed by atoms with Crippen LogP contribution < -0.4 is 10.1 Å². The lowest BCUT2D eigenvalue weighted by molar-refractivity contribution is -0.384. The minimum absolute atomic E-state index is 0.0295. The van der Waals surface area contributed by atoms with Crippen molar-refractivity contribution in [2.75, 3.05) is 13.2 Å². The van der Waals surface area contributed by atoms with E-state index in [4.69, 9.17) is 4.74 Å². The summed E-state index contributed by atoms with van der Waals surface area (Å²) in [6.45, 7) is 0.267. The lowest BCUT2D eigenvalue weighted by atomic mass is 9.64. The molecule has 1 amide bonds. The molecule has 140 valence electrons. The summed E-state index contributed by atoms with van der Waals surface area (Å²) in [6.07, 6.45) is 3.65. The molecule has 27 heavy (non-hydrogen) atoms. The van der Waals surface area contributed by atoms with Crippen LogP contribution in [0.1, 0.15) is 35.2 Å². The number of benzene rings is 2. The van der Waals surface area contributed by atoms with Crippen LogP contribution >= 0.6 is 0 Å². The third-order valence-electron chi connectivity index (χ3n) is 5.01. The normalized spacial score (nSPS) is 14.7. The number of carbonyl (C=O) groups is 2. The first kappa shape index (κ1) is 18.6. The fourth-order valence-electron chi connectivity index (χ4n) is 3.30. The van der Waals surface area contributed by atoms with Crippen LogP contribution in [0, 0.1) is 10.1 Å². The van der Waals surface area contributed by atoms with E-state index in [0.29, 0.717) is 12.8 Å². The highest BCUT2D eigenvalue weighted by molar-refractivity contribution is 5.82. The first-order valence-corrected chi connectivity index (χ1v) is 8.73. The molecule has 7 heteroatoms. The highest BCUT2D eigenvalue weighted by Crippen LogP contribution is 2.43. The van der Waals surface area contributed by atoms with Crippen molar-refractivity contribution in [3.8, 4) is 5.75 Å². The average Bonchev–Trinajstić information content (AvgIpc) is 2.66. The molecule has 0 aromatic heterocycles. The van der Waals surface area contributed by atoms with Gasteiger partial charge in [0.1, 0.15) is 5.75 Å². The lowest BCUT2D eigenvalue weighted by Gasteiger charge is -2.42. The maximum Gasteiger partial charge on any atom is 0.270 e. The molecule has 1 saturated carbocycles. The van der Waals surface area contributed by atoms with Crippen molar-refractivity contribution >= 4 is 17.9 Å². The molecule has 0 unspecified atom stereocenters. The monoisotopic (exact) mass is 368 g/mol. The van der Waals surface area contributed by atoms with Gasteiger partial charge in [-0.25, -0.2) is 0 Å². The quantitative estimate of drug-likeness (QED) is 0.439. The molecule has 1 N–H and O–H groups in total. The smallest absolute Gasteiger partial charge is 0.270 e. The Balaban J connectivity index is 1.57. The van der Waals surface area contributed by atoms with Crippen molar-refractivity contribution in [1.82, 2.24) is 5.32 Å². The van der Waals surface area contributed by atoms with Crippen LogP contribution in [0.5, 0.6) is 5.75 Å². The minimum atomic E-state index is -0.592. The number of hydrogen-bond donors (Lipinski definition) is 1. The fourth-order valence-corrected chi connectivity index (χ4v) is 3.30. The Morgan fingerprint density at radius 2 is 1.96 bits per heavy atom. The molecule has 7 nitrogen and oxygen atoms in total. The van der Waals surface area contributed by atoms with Crippen LogP contribution in [-0.2, 0) is 10.2 Å². The van der Waals surface area contributed by atoms with Gasteiger partial charge in [0.05, 0.1) is 10.5 Å². The number of rotatable bonds is 8. The second kappa shape index (κ2) is 7.99. The van der Waals surface area contributed by atoms with Gasteiger partial charge in [-0.15, -0.1) is 0 Å².